The number of nitrogens with zero attached hydrogens (tertiary/aromatic N) is 1. The van der Waals surface area contributed by atoms with Crippen LogP contribution in [0.4, 0.5) is 0 Å². The summed E-state index contributed by atoms with van der Waals surface area (Å²) in [7, 11) is 0. The number of hydrogen-bond acceptors (Lipinski definition) is 6. The van der Waals surface area contributed by atoms with Crippen molar-refractivity contribution in [1.82, 2.24) is 4.90 Å². The summed E-state index contributed by atoms with van der Waals surface area (Å²) >= 11 is 0. The van der Waals surface area contributed by atoms with Crippen molar-refractivity contribution in [2.24, 2.45) is 40.4 Å². The first-order valence-electron chi connectivity index (χ1n) is 17.5. The molecule has 3 unspecified atom stereocenters. The SMILES string of the molecule is CCCCC[C@@H](C)[C@H]1CCC2C3CC=C4C[C@@H](OCCN(CC(=O)OCC)CC(=O)OCC)CC[C@]4(C)C3CC[C@@]21C. The van der Waals surface area contributed by atoms with E-state index in [1.807, 2.05) is 0 Å². The predicted octanol–water partition coefficient (Wildman–Crippen LogP) is 7.60. The van der Waals surface area contributed by atoms with E-state index in [1.165, 1.54) is 64.2 Å². The van der Waals surface area contributed by atoms with E-state index in [0.717, 1.165) is 42.4 Å². The average molecular weight is 588 g/mol. The summed E-state index contributed by atoms with van der Waals surface area (Å²) in [5.74, 6) is 3.70. The van der Waals surface area contributed by atoms with E-state index in [9.17, 15) is 9.59 Å². The van der Waals surface area contributed by atoms with Crippen LogP contribution in [-0.2, 0) is 23.8 Å². The van der Waals surface area contributed by atoms with Crippen LogP contribution < -0.4 is 0 Å². The molecule has 8 atom stereocenters. The zero-order valence-electron chi connectivity index (χ0n) is 27.8. The van der Waals surface area contributed by atoms with Crippen LogP contribution in [0.3, 0.4) is 0 Å². The van der Waals surface area contributed by atoms with Crippen molar-refractivity contribution in [3.63, 3.8) is 0 Å². The molecule has 0 bridgehead atoms. The summed E-state index contributed by atoms with van der Waals surface area (Å²) in [5, 5.41) is 0. The Kier molecular flexibility index (Phi) is 12.0. The topological polar surface area (TPSA) is 65.1 Å². The van der Waals surface area contributed by atoms with Crippen molar-refractivity contribution in [2.45, 2.75) is 125 Å². The highest BCUT2D eigenvalue weighted by molar-refractivity contribution is 5.75. The lowest BCUT2D eigenvalue weighted by molar-refractivity contribution is -0.148. The Bertz CT molecular complexity index is 914. The first-order chi connectivity index (χ1) is 20.2. The van der Waals surface area contributed by atoms with Crippen molar-refractivity contribution in [3.05, 3.63) is 11.6 Å². The first kappa shape index (κ1) is 33.5. The van der Waals surface area contributed by atoms with Crippen LogP contribution in [0.5, 0.6) is 0 Å². The number of allylic oxidation sites excluding steroid dienone is 1. The van der Waals surface area contributed by atoms with Gasteiger partial charge in [0, 0.05) is 6.54 Å². The summed E-state index contributed by atoms with van der Waals surface area (Å²) in [4.78, 5) is 26.0. The fourth-order valence-corrected chi connectivity index (χ4v) is 10.0. The molecule has 4 aliphatic carbocycles. The second-order valence-corrected chi connectivity index (χ2v) is 14.5. The molecule has 0 aromatic heterocycles. The molecule has 0 radical (unpaired) electrons. The van der Waals surface area contributed by atoms with E-state index in [0.29, 0.717) is 37.2 Å². The van der Waals surface area contributed by atoms with Gasteiger partial charge in [-0.2, -0.15) is 0 Å². The lowest BCUT2D eigenvalue weighted by Crippen LogP contribution is -2.51. The van der Waals surface area contributed by atoms with Gasteiger partial charge >= 0.3 is 11.9 Å². The van der Waals surface area contributed by atoms with E-state index in [1.54, 1.807) is 24.3 Å². The lowest BCUT2D eigenvalue weighted by Gasteiger charge is -2.58. The van der Waals surface area contributed by atoms with Crippen LogP contribution in [0, 0.1) is 40.4 Å². The summed E-state index contributed by atoms with van der Waals surface area (Å²) in [5.41, 5.74) is 2.49. The Hall–Kier alpha value is -1.40. The van der Waals surface area contributed by atoms with Crippen molar-refractivity contribution in [2.75, 3.05) is 39.5 Å². The Labute approximate surface area is 256 Å². The number of hydrogen-bond donors (Lipinski definition) is 0. The minimum Gasteiger partial charge on any atom is -0.465 e. The van der Waals surface area contributed by atoms with Gasteiger partial charge in [-0.25, -0.2) is 0 Å². The maximum Gasteiger partial charge on any atom is 0.320 e. The first-order valence-corrected chi connectivity index (χ1v) is 17.5. The van der Waals surface area contributed by atoms with E-state index in [-0.39, 0.29) is 31.1 Å². The van der Waals surface area contributed by atoms with Crippen molar-refractivity contribution in [3.8, 4) is 0 Å². The summed E-state index contributed by atoms with van der Waals surface area (Å²) < 4.78 is 16.6. The Balaban J connectivity index is 1.33. The number of unbranched alkanes of at least 4 members (excludes halogenated alkanes) is 2. The molecule has 3 saturated carbocycles. The quantitative estimate of drug-likeness (QED) is 0.112. The van der Waals surface area contributed by atoms with Crippen LogP contribution in [0.15, 0.2) is 11.6 Å². The highest BCUT2D eigenvalue weighted by Crippen LogP contribution is 2.67. The third kappa shape index (κ3) is 7.45. The third-order valence-corrected chi connectivity index (χ3v) is 12.2. The Morgan fingerprint density at radius 2 is 1.67 bits per heavy atom. The standard InChI is InChI=1S/C36H61NO5/c1-7-10-11-12-26(4)30-15-16-31-29-14-13-27-23-28(17-19-35(27,5)32(29)18-20-36(30,31)6)42-22-21-37(24-33(38)40-8-2)25-34(39)41-9-3/h13,26,28-32H,7-12,14-25H2,1-6H3/t26-,28+,29?,30-,31?,32?,35+,36-/m1/s1. The molecule has 6 heteroatoms. The molecule has 0 amide bonds. The highest BCUT2D eigenvalue weighted by Gasteiger charge is 2.59. The van der Waals surface area contributed by atoms with Gasteiger partial charge in [0.2, 0.25) is 0 Å². The van der Waals surface area contributed by atoms with Crippen molar-refractivity contribution >= 4 is 11.9 Å². The zero-order chi connectivity index (χ0) is 30.3. The lowest BCUT2D eigenvalue weighted by atomic mass is 9.47. The molecule has 0 heterocycles. The fourth-order valence-electron chi connectivity index (χ4n) is 10.0. The van der Waals surface area contributed by atoms with Gasteiger partial charge in [0.15, 0.2) is 0 Å². The zero-order valence-corrected chi connectivity index (χ0v) is 27.8. The van der Waals surface area contributed by atoms with Crippen LogP contribution in [0.25, 0.3) is 0 Å². The van der Waals surface area contributed by atoms with Crippen LogP contribution in [0.2, 0.25) is 0 Å². The molecular formula is C36H61NO5. The molecule has 0 aromatic carbocycles. The number of rotatable bonds is 15. The minimum atomic E-state index is -0.319. The van der Waals surface area contributed by atoms with Gasteiger partial charge in [-0.3, -0.25) is 14.5 Å². The van der Waals surface area contributed by atoms with Gasteiger partial charge in [-0.1, -0.05) is 65.0 Å². The van der Waals surface area contributed by atoms with Crippen LogP contribution in [0.1, 0.15) is 119 Å². The Morgan fingerprint density at radius 3 is 2.33 bits per heavy atom. The molecule has 0 aliphatic heterocycles. The van der Waals surface area contributed by atoms with E-state index < -0.39 is 0 Å². The second-order valence-electron chi connectivity index (χ2n) is 14.5. The summed E-state index contributed by atoms with van der Waals surface area (Å²) in [6.45, 7) is 15.6. The van der Waals surface area contributed by atoms with E-state index in [2.05, 4.69) is 33.8 Å². The number of ether oxygens (including phenoxy) is 3. The monoisotopic (exact) mass is 587 g/mol. The van der Waals surface area contributed by atoms with Crippen molar-refractivity contribution in [1.29, 1.82) is 0 Å². The molecule has 0 saturated heterocycles. The van der Waals surface area contributed by atoms with Crippen molar-refractivity contribution < 1.29 is 23.8 Å². The number of esters is 2. The van der Waals surface area contributed by atoms with E-state index in [4.69, 9.17) is 14.2 Å². The van der Waals surface area contributed by atoms with Crippen LogP contribution in [-0.4, -0.2) is 62.4 Å². The minimum absolute atomic E-state index is 0.0748. The smallest absolute Gasteiger partial charge is 0.320 e. The molecule has 0 aromatic rings. The maximum absolute atomic E-state index is 12.1. The molecule has 3 fully saturated rings. The van der Waals surface area contributed by atoms with Gasteiger partial charge in [0.25, 0.3) is 0 Å². The molecular weight excluding hydrogens is 526 g/mol. The molecule has 6 nitrogen and oxygen atoms in total. The summed E-state index contributed by atoms with van der Waals surface area (Å²) in [6, 6.07) is 0. The highest BCUT2D eigenvalue weighted by atomic mass is 16.5. The molecule has 240 valence electrons. The van der Waals surface area contributed by atoms with Gasteiger partial charge in [-0.05, 0) is 106 Å². The molecule has 4 aliphatic rings. The number of carbonyl (C=O) groups is 2. The number of carbonyl (C=O) groups excluding carboxylic acids is 2. The van der Waals surface area contributed by atoms with Gasteiger partial charge in [0.05, 0.1) is 39.0 Å². The molecule has 4 rings (SSSR count). The molecule has 0 spiro atoms. The second kappa shape index (κ2) is 15.1. The van der Waals surface area contributed by atoms with Gasteiger partial charge < -0.3 is 14.2 Å². The predicted molar refractivity (Wildman–Crippen MR) is 168 cm³/mol. The van der Waals surface area contributed by atoms with Gasteiger partial charge in [0.1, 0.15) is 0 Å². The normalized spacial score (nSPS) is 34.6. The average Bonchev–Trinajstić information content (AvgIpc) is 3.30. The number of fused-ring (bicyclic) bond motifs is 5. The fraction of sp³-hybridized carbons (Fsp3) is 0.889. The van der Waals surface area contributed by atoms with Gasteiger partial charge in [-0.15, -0.1) is 0 Å². The molecule has 42 heavy (non-hydrogen) atoms. The largest absolute Gasteiger partial charge is 0.465 e. The van der Waals surface area contributed by atoms with E-state index >= 15 is 0 Å². The maximum atomic E-state index is 12.1. The molecule has 0 N–H and O–H groups in total. The summed E-state index contributed by atoms with van der Waals surface area (Å²) in [6.07, 6.45) is 18.7. The Morgan fingerprint density at radius 1 is 0.952 bits per heavy atom. The third-order valence-electron chi connectivity index (χ3n) is 12.2. The van der Waals surface area contributed by atoms with Crippen LogP contribution >= 0.6 is 0 Å².